The molecule has 116 valence electrons. The summed E-state index contributed by atoms with van der Waals surface area (Å²) in [6.45, 7) is 4.52. The second-order valence-corrected chi connectivity index (χ2v) is 6.67. The maximum Gasteiger partial charge on any atom is 0.308 e. The molecular weight excluding hydrogens is 330 g/mol. The highest BCUT2D eigenvalue weighted by Gasteiger charge is 2.28. The first-order chi connectivity index (χ1) is 10.1. The third-order valence-corrected chi connectivity index (χ3v) is 4.62. The number of hydrogen-bond donors (Lipinski definition) is 1. The highest BCUT2D eigenvalue weighted by molar-refractivity contribution is 9.10. The number of esters is 1. The Labute approximate surface area is 135 Å². The Morgan fingerprint density at radius 3 is 3.00 bits per heavy atom. The predicted octanol–water partition coefficient (Wildman–Crippen LogP) is 4.22. The lowest BCUT2D eigenvalue weighted by molar-refractivity contribution is -0.149. The maximum absolute atomic E-state index is 11.9. The van der Waals surface area contributed by atoms with Gasteiger partial charge in [0.25, 0.3) is 0 Å². The lowest BCUT2D eigenvalue weighted by Gasteiger charge is -2.31. The van der Waals surface area contributed by atoms with Gasteiger partial charge in [-0.1, -0.05) is 34.5 Å². The van der Waals surface area contributed by atoms with Crippen LogP contribution in [0.15, 0.2) is 28.7 Å². The topological polar surface area (TPSA) is 38.3 Å². The minimum atomic E-state index is -0.0286. The summed E-state index contributed by atoms with van der Waals surface area (Å²) in [4.78, 5) is 11.9. The van der Waals surface area contributed by atoms with Gasteiger partial charge in [-0.25, -0.2) is 0 Å². The first-order valence-electron chi connectivity index (χ1n) is 7.78. The summed E-state index contributed by atoms with van der Waals surface area (Å²) in [5, 5.41) is 3.66. The number of rotatable bonds is 5. The van der Waals surface area contributed by atoms with Gasteiger partial charge in [-0.05, 0) is 50.8 Å². The largest absolute Gasteiger partial charge is 0.466 e. The molecule has 0 aromatic heterocycles. The van der Waals surface area contributed by atoms with Crippen molar-refractivity contribution in [2.45, 2.75) is 51.6 Å². The number of benzene rings is 1. The van der Waals surface area contributed by atoms with Crippen LogP contribution in [0, 0.1) is 5.92 Å². The quantitative estimate of drug-likeness (QED) is 0.805. The van der Waals surface area contributed by atoms with Crippen molar-refractivity contribution in [1.29, 1.82) is 0 Å². The molecule has 1 N–H and O–H groups in total. The standard InChI is InChI=1S/C17H24BrNO2/c1-3-21-17(20)14-7-5-9-16(11-14)19-12(2)13-6-4-8-15(18)10-13/h4,6,8,10,12,14,16,19H,3,5,7,9,11H2,1-2H3/t12-,14?,16?/m1/s1. The van der Waals surface area contributed by atoms with E-state index in [-0.39, 0.29) is 17.9 Å². The molecule has 0 saturated heterocycles. The highest BCUT2D eigenvalue weighted by Crippen LogP contribution is 2.27. The molecule has 4 heteroatoms. The van der Waals surface area contributed by atoms with Crippen LogP contribution in [-0.4, -0.2) is 18.6 Å². The fourth-order valence-corrected chi connectivity index (χ4v) is 3.46. The summed E-state index contributed by atoms with van der Waals surface area (Å²) in [7, 11) is 0. The highest BCUT2D eigenvalue weighted by atomic mass is 79.9. The van der Waals surface area contributed by atoms with Crippen molar-refractivity contribution in [3.8, 4) is 0 Å². The Hall–Kier alpha value is -0.870. The van der Waals surface area contributed by atoms with Crippen LogP contribution in [0.5, 0.6) is 0 Å². The monoisotopic (exact) mass is 353 g/mol. The zero-order valence-electron chi connectivity index (χ0n) is 12.8. The molecule has 0 bridgehead atoms. The molecule has 0 radical (unpaired) electrons. The van der Waals surface area contributed by atoms with Crippen LogP contribution in [0.25, 0.3) is 0 Å². The van der Waals surface area contributed by atoms with Crippen molar-refractivity contribution >= 4 is 21.9 Å². The van der Waals surface area contributed by atoms with E-state index in [0.717, 1.165) is 30.2 Å². The van der Waals surface area contributed by atoms with Crippen LogP contribution in [-0.2, 0) is 9.53 Å². The van der Waals surface area contributed by atoms with Gasteiger partial charge in [0.05, 0.1) is 12.5 Å². The lowest BCUT2D eigenvalue weighted by atomic mass is 9.85. The molecule has 3 atom stereocenters. The second kappa shape index (κ2) is 7.95. The number of hydrogen-bond acceptors (Lipinski definition) is 3. The molecule has 0 spiro atoms. The number of nitrogens with one attached hydrogen (secondary N) is 1. The summed E-state index contributed by atoms with van der Waals surface area (Å²) < 4.78 is 6.26. The molecular formula is C17H24BrNO2. The Kier molecular flexibility index (Phi) is 6.24. The van der Waals surface area contributed by atoms with E-state index in [0.29, 0.717) is 12.6 Å². The van der Waals surface area contributed by atoms with E-state index in [2.05, 4.69) is 46.4 Å². The van der Waals surface area contributed by atoms with Gasteiger partial charge in [0.15, 0.2) is 0 Å². The van der Waals surface area contributed by atoms with Gasteiger partial charge in [-0.3, -0.25) is 4.79 Å². The number of carbonyl (C=O) groups is 1. The minimum absolute atomic E-state index is 0.0286. The summed E-state index contributed by atoms with van der Waals surface area (Å²) in [6.07, 6.45) is 4.07. The van der Waals surface area contributed by atoms with E-state index in [9.17, 15) is 4.79 Å². The van der Waals surface area contributed by atoms with E-state index in [4.69, 9.17) is 4.74 Å². The fraction of sp³-hybridized carbons (Fsp3) is 0.588. The number of ether oxygens (including phenoxy) is 1. The molecule has 1 aliphatic rings. The summed E-state index contributed by atoms with van der Waals surface area (Å²) in [6, 6.07) is 9.04. The van der Waals surface area contributed by atoms with Crippen molar-refractivity contribution in [2.24, 2.45) is 5.92 Å². The van der Waals surface area contributed by atoms with Crippen molar-refractivity contribution in [3.63, 3.8) is 0 Å². The molecule has 1 aromatic carbocycles. The average Bonchev–Trinajstić information content (AvgIpc) is 2.48. The van der Waals surface area contributed by atoms with Crippen LogP contribution in [0.3, 0.4) is 0 Å². The molecule has 2 rings (SSSR count). The number of halogens is 1. The summed E-state index contributed by atoms with van der Waals surface area (Å²) in [5.74, 6) is 0.0324. The SMILES string of the molecule is CCOC(=O)C1CCCC(N[C@H](C)c2cccc(Br)c2)C1. The van der Waals surface area contributed by atoms with Crippen LogP contribution in [0.1, 0.15) is 51.1 Å². The van der Waals surface area contributed by atoms with Gasteiger partial charge < -0.3 is 10.1 Å². The minimum Gasteiger partial charge on any atom is -0.466 e. The molecule has 0 amide bonds. The average molecular weight is 354 g/mol. The molecule has 21 heavy (non-hydrogen) atoms. The van der Waals surface area contributed by atoms with Crippen molar-refractivity contribution in [3.05, 3.63) is 34.3 Å². The molecule has 2 unspecified atom stereocenters. The Bertz CT molecular complexity index is 478. The van der Waals surface area contributed by atoms with Crippen molar-refractivity contribution in [1.82, 2.24) is 5.32 Å². The van der Waals surface area contributed by atoms with Gasteiger partial charge >= 0.3 is 5.97 Å². The molecule has 1 fully saturated rings. The number of carbonyl (C=O) groups excluding carboxylic acids is 1. The van der Waals surface area contributed by atoms with Gasteiger partial charge in [0.1, 0.15) is 0 Å². The molecule has 1 aliphatic carbocycles. The summed E-state index contributed by atoms with van der Waals surface area (Å²) in [5.41, 5.74) is 1.27. The summed E-state index contributed by atoms with van der Waals surface area (Å²) >= 11 is 3.51. The second-order valence-electron chi connectivity index (χ2n) is 5.76. The Morgan fingerprint density at radius 2 is 2.29 bits per heavy atom. The molecule has 0 aliphatic heterocycles. The van der Waals surface area contributed by atoms with Gasteiger partial charge in [0, 0.05) is 16.6 Å². The van der Waals surface area contributed by atoms with E-state index >= 15 is 0 Å². The van der Waals surface area contributed by atoms with Crippen molar-refractivity contribution in [2.75, 3.05) is 6.61 Å². The molecule has 1 saturated carbocycles. The van der Waals surface area contributed by atoms with Crippen LogP contribution in [0.2, 0.25) is 0 Å². The van der Waals surface area contributed by atoms with E-state index in [1.165, 1.54) is 5.56 Å². The van der Waals surface area contributed by atoms with Crippen LogP contribution >= 0.6 is 15.9 Å². The maximum atomic E-state index is 11.9. The van der Waals surface area contributed by atoms with Crippen molar-refractivity contribution < 1.29 is 9.53 Å². The fourth-order valence-electron chi connectivity index (χ4n) is 3.04. The molecule has 1 aromatic rings. The first kappa shape index (κ1) is 16.5. The third kappa shape index (κ3) is 4.82. The van der Waals surface area contributed by atoms with Gasteiger partial charge in [0.2, 0.25) is 0 Å². The first-order valence-corrected chi connectivity index (χ1v) is 8.57. The normalized spacial score (nSPS) is 23.6. The molecule has 3 nitrogen and oxygen atoms in total. The Balaban J connectivity index is 1.91. The zero-order valence-corrected chi connectivity index (χ0v) is 14.4. The van der Waals surface area contributed by atoms with E-state index < -0.39 is 0 Å². The van der Waals surface area contributed by atoms with E-state index in [1.54, 1.807) is 0 Å². The Morgan fingerprint density at radius 1 is 1.48 bits per heavy atom. The van der Waals surface area contributed by atoms with Gasteiger partial charge in [-0.15, -0.1) is 0 Å². The molecule has 0 heterocycles. The zero-order chi connectivity index (χ0) is 15.2. The van der Waals surface area contributed by atoms with E-state index in [1.807, 2.05) is 13.0 Å². The predicted molar refractivity (Wildman–Crippen MR) is 88.1 cm³/mol. The lowest BCUT2D eigenvalue weighted by Crippen LogP contribution is -2.38. The van der Waals surface area contributed by atoms with Gasteiger partial charge in [-0.2, -0.15) is 0 Å². The van der Waals surface area contributed by atoms with Crippen LogP contribution in [0.4, 0.5) is 0 Å². The van der Waals surface area contributed by atoms with Crippen LogP contribution < -0.4 is 5.32 Å². The third-order valence-electron chi connectivity index (χ3n) is 4.13. The smallest absolute Gasteiger partial charge is 0.308 e.